The van der Waals surface area contributed by atoms with Crippen LogP contribution >= 0.6 is 0 Å². The molecule has 0 fully saturated rings. The van der Waals surface area contributed by atoms with E-state index in [1.807, 2.05) is 6.20 Å². The molecule has 12 rings (SSSR count). The van der Waals surface area contributed by atoms with Crippen LogP contribution < -0.4 is 0 Å². The van der Waals surface area contributed by atoms with E-state index in [2.05, 4.69) is 182 Å². The summed E-state index contributed by atoms with van der Waals surface area (Å²) in [6.45, 7) is 0. The van der Waals surface area contributed by atoms with Gasteiger partial charge in [0.2, 0.25) is 0 Å². The maximum atomic E-state index is 5.01. The minimum atomic E-state index is 0.976. The van der Waals surface area contributed by atoms with Gasteiger partial charge in [-0.1, -0.05) is 152 Å². The molecule has 0 aliphatic heterocycles. The summed E-state index contributed by atoms with van der Waals surface area (Å²) in [6.07, 6.45) is 2.00. The zero-order valence-corrected chi connectivity index (χ0v) is 29.3. The minimum absolute atomic E-state index is 0.976. The Balaban J connectivity index is 1.28. The van der Waals surface area contributed by atoms with Crippen LogP contribution in [0.2, 0.25) is 0 Å². The molecule has 0 unspecified atom stereocenters. The molecule has 0 spiro atoms. The molecule has 1 aliphatic rings. The van der Waals surface area contributed by atoms with E-state index in [0.29, 0.717) is 0 Å². The van der Waals surface area contributed by atoms with Crippen molar-refractivity contribution in [3.05, 3.63) is 188 Å². The fourth-order valence-corrected chi connectivity index (χ4v) is 9.29. The van der Waals surface area contributed by atoms with Crippen LogP contribution in [0, 0.1) is 0 Å². The number of rotatable bonds is 3. The van der Waals surface area contributed by atoms with Gasteiger partial charge in [0.15, 0.2) is 0 Å². The van der Waals surface area contributed by atoms with E-state index >= 15 is 0 Å². The summed E-state index contributed by atoms with van der Waals surface area (Å²) in [5.74, 6) is 0. The molecule has 1 aliphatic carbocycles. The predicted octanol–water partition coefficient (Wildman–Crippen LogP) is 14.6. The molecule has 54 heavy (non-hydrogen) atoms. The fraction of sp³-hybridized carbons (Fsp3) is 0. The summed E-state index contributed by atoms with van der Waals surface area (Å²) in [6, 6.07) is 67.4. The van der Waals surface area contributed by atoms with Crippen molar-refractivity contribution in [1.29, 1.82) is 0 Å². The summed E-state index contributed by atoms with van der Waals surface area (Å²) in [5.41, 5.74) is 12.3. The molecule has 11 aromatic rings. The standard InChI is InChI=1S/C53H31N/c1-3-12-34-26-39(22-20-32(34)10-1)49-44-25-24-38(48-30-36-14-5-6-16-41(36)31-54-48)29-46(44)50(40-23-21-33-11-2-4-13-35(33)27-40)53-47-28-37-15-7-8-17-42(37)43-18-9-19-45(51(43)47)52(49)53/h1-31H. The van der Waals surface area contributed by atoms with Gasteiger partial charge >= 0.3 is 0 Å². The molecule has 248 valence electrons. The number of fused-ring (bicyclic) bond motifs is 9. The first kappa shape index (κ1) is 29.5. The third-order valence-electron chi connectivity index (χ3n) is 11.7. The number of nitrogens with zero attached hydrogens (tertiary/aromatic N) is 1. The summed E-state index contributed by atoms with van der Waals surface area (Å²) < 4.78 is 0. The molecule has 0 atom stereocenters. The van der Waals surface area contributed by atoms with Crippen LogP contribution in [0.3, 0.4) is 0 Å². The van der Waals surface area contributed by atoms with Gasteiger partial charge in [0.05, 0.1) is 5.69 Å². The molecule has 1 aromatic heterocycles. The SMILES string of the molecule is c1ccc2cc(-c3c4c(c(-c5ccc6ccccc6c5)c5cc(-c6cc7ccccc7cn6)ccc35)-c3cc5ccccc5c5cccc-4c35)ccc2c1. The summed E-state index contributed by atoms with van der Waals surface area (Å²) >= 11 is 0. The van der Waals surface area contributed by atoms with Gasteiger partial charge in [-0.3, -0.25) is 4.98 Å². The monoisotopic (exact) mass is 681 g/mol. The zero-order valence-electron chi connectivity index (χ0n) is 29.3. The lowest BCUT2D eigenvalue weighted by Crippen LogP contribution is -1.95. The van der Waals surface area contributed by atoms with Gasteiger partial charge in [-0.15, -0.1) is 0 Å². The maximum Gasteiger partial charge on any atom is 0.0708 e. The van der Waals surface area contributed by atoms with Gasteiger partial charge < -0.3 is 0 Å². The van der Waals surface area contributed by atoms with Crippen LogP contribution in [-0.4, -0.2) is 4.98 Å². The Hall–Kier alpha value is -7.09. The first-order chi connectivity index (χ1) is 26.8. The van der Waals surface area contributed by atoms with Crippen LogP contribution in [0.15, 0.2) is 188 Å². The second-order valence-electron chi connectivity index (χ2n) is 14.7. The molecule has 0 saturated carbocycles. The smallest absolute Gasteiger partial charge is 0.0708 e. The first-order valence-corrected chi connectivity index (χ1v) is 18.7. The van der Waals surface area contributed by atoms with Crippen molar-refractivity contribution >= 4 is 64.6 Å². The molecule has 1 nitrogen and oxygen atoms in total. The van der Waals surface area contributed by atoms with Gasteiger partial charge in [0, 0.05) is 17.1 Å². The van der Waals surface area contributed by atoms with E-state index in [0.717, 1.165) is 16.6 Å². The molecule has 10 aromatic carbocycles. The van der Waals surface area contributed by atoms with Gasteiger partial charge in [0.25, 0.3) is 0 Å². The van der Waals surface area contributed by atoms with Crippen LogP contribution in [0.4, 0.5) is 0 Å². The number of hydrogen-bond donors (Lipinski definition) is 0. The lowest BCUT2D eigenvalue weighted by Gasteiger charge is -2.22. The van der Waals surface area contributed by atoms with Crippen LogP contribution in [0.1, 0.15) is 0 Å². The molecule has 0 radical (unpaired) electrons. The summed E-state index contributed by atoms with van der Waals surface area (Å²) in [7, 11) is 0. The Morgan fingerprint density at radius 2 is 0.833 bits per heavy atom. The van der Waals surface area contributed by atoms with E-state index in [1.54, 1.807) is 0 Å². The van der Waals surface area contributed by atoms with E-state index in [-0.39, 0.29) is 0 Å². The Kier molecular flexibility index (Phi) is 6.12. The molecular weight excluding hydrogens is 651 g/mol. The second-order valence-corrected chi connectivity index (χ2v) is 14.7. The minimum Gasteiger partial charge on any atom is -0.256 e. The largest absolute Gasteiger partial charge is 0.256 e. The normalized spacial score (nSPS) is 12.1. The molecule has 0 N–H and O–H groups in total. The Morgan fingerprint density at radius 3 is 1.56 bits per heavy atom. The Labute approximate surface area is 312 Å². The van der Waals surface area contributed by atoms with Crippen molar-refractivity contribution < 1.29 is 0 Å². The van der Waals surface area contributed by atoms with E-state index in [9.17, 15) is 0 Å². The highest BCUT2D eigenvalue weighted by molar-refractivity contribution is 6.31. The van der Waals surface area contributed by atoms with Crippen molar-refractivity contribution in [1.82, 2.24) is 4.98 Å². The van der Waals surface area contributed by atoms with E-state index in [4.69, 9.17) is 4.98 Å². The third kappa shape index (κ3) is 4.24. The fourth-order valence-electron chi connectivity index (χ4n) is 9.29. The van der Waals surface area contributed by atoms with Crippen molar-refractivity contribution in [2.24, 2.45) is 0 Å². The third-order valence-corrected chi connectivity index (χ3v) is 11.7. The number of hydrogen-bond acceptors (Lipinski definition) is 1. The quantitative estimate of drug-likeness (QED) is 0.169. The van der Waals surface area contributed by atoms with Gasteiger partial charge in [-0.05, 0) is 134 Å². The Bertz CT molecular complexity index is 3390. The molecule has 0 bridgehead atoms. The van der Waals surface area contributed by atoms with E-state index in [1.165, 1.54) is 104 Å². The highest BCUT2D eigenvalue weighted by Gasteiger charge is 2.31. The summed E-state index contributed by atoms with van der Waals surface area (Å²) in [5, 5.41) is 15.0. The molecule has 0 amide bonds. The second kappa shape index (κ2) is 11.2. The van der Waals surface area contributed by atoms with Crippen molar-refractivity contribution in [3.8, 4) is 55.8 Å². The van der Waals surface area contributed by atoms with Crippen molar-refractivity contribution in [2.45, 2.75) is 0 Å². The van der Waals surface area contributed by atoms with E-state index < -0.39 is 0 Å². The lowest BCUT2D eigenvalue weighted by molar-refractivity contribution is 1.36. The number of pyridine rings is 1. The molecular formula is C53H31N. The molecule has 0 saturated heterocycles. The Morgan fingerprint density at radius 1 is 0.278 bits per heavy atom. The lowest BCUT2D eigenvalue weighted by atomic mass is 9.81. The molecule has 1 heteroatoms. The van der Waals surface area contributed by atoms with Gasteiger partial charge in [0.1, 0.15) is 0 Å². The van der Waals surface area contributed by atoms with Crippen LogP contribution in [0.25, 0.3) is 120 Å². The zero-order chi connectivity index (χ0) is 35.3. The average molecular weight is 682 g/mol. The van der Waals surface area contributed by atoms with Crippen molar-refractivity contribution in [3.63, 3.8) is 0 Å². The van der Waals surface area contributed by atoms with Gasteiger partial charge in [-0.25, -0.2) is 0 Å². The topological polar surface area (TPSA) is 12.9 Å². The molecule has 1 heterocycles. The van der Waals surface area contributed by atoms with Gasteiger partial charge in [-0.2, -0.15) is 0 Å². The predicted molar refractivity (Wildman–Crippen MR) is 230 cm³/mol. The van der Waals surface area contributed by atoms with Crippen LogP contribution in [-0.2, 0) is 0 Å². The average Bonchev–Trinajstić information content (AvgIpc) is 3.56. The summed E-state index contributed by atoms with van der Waals surface area (Å²) in [4.78, 5) is 5.01. The maximum absolute atomic E-state index is 5.01. The number of aromatic nitrogens is 1. The highest BCUT2D eigenvalue weighted by atomic mass is 14.7. The van der Waals surface area contributed by atoms with Crippen molar-refractivity contribution in [2.75, 3.05) is 0 Å². The number of benzene rings is 10. The van der Waals surface area contributed by atoms with Crippen LogP contribution in [0.5, 0.6) is 0 Å². The highest BCUT2D eigenvalue weighted by Crippen LogP contribution is 2.59. The first-order valence-electron chi connectivity index (χ1n) is 18.7.